The van der Waals surface area contributed by atoms with Crippen molar-refractivity contribution < 1.29 is 9.84 Å². The summed E-state index contributed by atoms with van der Waals surface area (Å²) < 4.78 is 6.73. The molecule has 0 saturated heterocycles. The minimum atomic E-state index is -0.722. The number of rotatable bonds is 6. The van der Waals surface area contributed by atoms with E-state index in [1.165, 1.54) is 0 Å². The highest BCUT2D eigenvalue weighted by Crippen LogP contribution is 2.41. The van der Waals surface area contributed by atoms with Crippen molar-refractivity contribution in [3.63, 3.8) is 0 Å². The number of aliphatic hydroxyl groups excluding tert-OH is 1. The number of ether oxygens (including phenoxy) is 1. The van der Waals surface area contributed by atoms with Crippen molar-refractivity contribution in [1.29, 1.82) is 0 Å². The van der Waals surface area contributed by atoms with Crippen LogP contribution in [0.4, 0.5) is 0 Å². The Bertz CT molecular complexity index is 775. The zero-order chi connectivity index (χ0) is 18.5. The van der Waals surface area contributed by atoms with Gasteiger partial charge in [0.15, 0.2) is 0 Å². The molecule has 0 radical (unpaired) electrons. The van der Waals surface area contributed by atoms with E-state index >= 15 is 0 Å². The fourth-order valence-corrected chi connectivity index (χ4v) is 3.85. The lowest BCUT2D eigenvalue weighted by atomic mass is 9.80. The lowest BCUT2D eigenvalue weighted by molar-refractivity contribution is -0.0218. The molecule has 27 heavy (non-hydrogen) atoms. The molecule has 0 saturated carbocycles. The van der Waals surface area contributed by atoms with Gasteiger partial charge in [0.2, 0.25) is 0 Å². The molecule has 1 aliphatic carbocycles. The quantitative estimate of drug-likeness (QED) is 0.501. The zero-order valence-electron chi connectivity index (χ0n) is 15.2. The predicted octanol–water partition coefficient (Wildman–Crippen LogP) is 4.93. The third-order valence-corrected chi connectivity index (χ3v) is 5.29. The first-order valence-corrected chi connectivity index (χ1v) is 9.46. The minimum absolute atomic E-state index is 0.0144. The molecule has 2 heteroatoms. The Morgan fingerprint density at radius 1 is 0.741 bits per heavy atom. The molecule has 0 fully saturated rings. The summed E-state index contributed by atoms with van der Waals surface area (Å²) in [4.78, 5) is 0. The molecular weight excluding hydrogens is 332 g/mol. The van der Waals surface area contributed by atoms with Crippen molar-refractivity contribution in [2.24, 2.45) is 5.92 Å². The van der Waals surface area contributed by atoms with Gasteiger partial charge < -0.3 is 9.84 Å². The summed E-state index contributed by atoms with van der Waals surface area (Å²) in [6, 6.07) is 31.0. The van der Waals surface area contributed by atoms with Crippen LogP contribution in [0, 0.1) is 5.92 Å². The third kappa shape index (κ3) is 3.46. The van der Waals surface area contributed by atoms with Crippen LogP contribution in [-0.4, -0.2) is 17.8 Å². The molecule has 4 rings (SSSR count). The van der Waals surface area contributed by atoms with Crippen molar-refractivity contribution >= 4 is 0 Å². The largest absolute Gasteiger partial charge is 0.392 e. The van der Waals surface area contributed by atoms with Crippen LogP contribution in [0.2, 0.25) is 0 Å². The average molecular weight is 356 g/mol. The molecule has 0 bridgehead atoms. The van der Waals surface area contributed by atoms with Gasteiger partial charge in [-0.05, 0) is 23.1 Å². The molecule has 1 aliphatic rings. The van der Waals surface area contributed by atoms with E-state index in [0.29, 0.717) is 13.0 Å². The maximum Gasteiger partial charge on any atom is 0.143 e. The van der Waals surface area contributed by atoms with E-state index in [1.807, 2.05) is 60.7 Å². The van der Waals surface area contributed by atoms with Crippen molar-refractivity contribution in [3.05, 3.63) is 120 Å². The Morgan fingerprint density at radius 3 is 1.56 bits per heavy atom. The zero-order valence-corrected chi connectivity index (χ0v) is 15.2. The van der Waals surface area contributed by atoms with E-state index in [4.69, 9.17) is 4.74 Å². The number of hydrogen-bond acceptors (Lipinski definition) is 2. The van der Waals surface area contributed by atoms with Crippen molar-refractivity contribution in [3.8, 4) is 0 Å². The average Bonchev–Trinajstić information content (AvgIpc) is 3.16. The fraction of sp³-hybridized carbons (Fsp3) is 0.200. The molecule has 0 heterocycles. The van der Waals surface area contributed by atoms with Crippen molar-refractivity contribution in [2.45, 2.75) is 18.1 Å². The van der Waals surface area contributed by atoms with E-state index in [-0.39, 0.29) is 12.0 Å². The lowest BCUT2D eigenvalue weighted by Crippen LogP contribution is -2.35. The van der Waals surface area contributed by atoms with Gasteiger partial charge in [-0.2, -0.15) is 0 Å². The number of hydrogen-bond donors (Lipinski definition) is 1. The van der Waals surface area contributed by atoms with Crippen molar-refractivity contribution in [2.75, 3.05) is 6.61 Å². The first kappa shape index (κ1) is 17.7. The van der Waals surface area contributed by atoms with E-state index < -0.39 is 5.60 Å². The Kier molecular flexibility index (Phi) is 5.19. The van der Waals surface area contributed by atoms with Crippen LogP contribution in [0.1, 0.15) is 23.1 Å². The summed E-state index contributed by atoms with van der Waals surface area (Å²) in [6.07, 6.45) is 4.43. The van der Waals surface area contributed by atoms with Gasteiger partial charge in [-0.25, -0.2) is 0 Å². The molecule has 3 aromatic rings. The Labute approximate surface area is 160 Å². The number of benzene rings is 3. The Morgan fingerprint density at radius 2 is 1.19 bits per heavy atom. The Balaban J connectivity index is 1.85. The summed E-state index contributed by atoms with van der Waals surface area (Å²) in [5.41, 5.74) is 2.52. The third-order valence-electron chi connectivity index (χ3n) is 5.29. The van der Waals surface area contributed by atoms with E-state index in [1.54, 1.807) is 0 Å². The van der Waals surface area contributed by atoms with Crippen LogP contribution in [-0.2, 0) is 10.3 Å². The topological polar surface area (TPSA) is 29.5 Å². The molecule has 136 valence electrons. The second-order valence-corrected chi connectivity index (χ2v) is 6.99. The first-order chi connectivity index (χ1) is 13.3. The standard InChI is InChI=1S/C25H24O2/c26-24-18-10-11-20(24)19-27-25(21-12-4-1-5-13-21,22-14-6-2-7-15-22)23-16-8-3-9-17-23/h1-17,20,24,26H,18-19H2/t20-,24+/m1/s1. The monoisotopic (exact) mass is 356 g/mol. The SMILES string of the molecule is O[C@H]1CC=C[C@@H]1COC(c1ccccc1)(c1ccccc1)c1ccccc1. The second kappa shape index (κ2) is 7.91. The van der Waals surface area contributed by atoms with E-state index in [0.717, 1.165) is 16.7 Å². The van der Waals surface area contributed by atoms with Crippen LogP contribution in [0.15, 0.2) is 103 Å². The van der Waals surface area contributed by atoms with Crippen LogP contribution >= 0.6 is 0 Å². The van der Waals surface area contributed by atoms with Gasteiger partial charge in [0.1, 0.15) is 5.60 Å². The summed E-state index contributed by atoms with van der Waals surface area (Å²) >= 11 is 0. The van der Waals surface area contributed by atoms with Gasteiger partial charge in [-0.1, -0.05) is 103 Å². The molecule has 0 spiro atoms. The molecule has 0 amide bonds. The van der Waals surface area contributed by atoms with Crippen LogP contribution in [0.3, 0.4) is 0 Å². The first-order valence-electron chi connectivity index (χ1n) is 9.46. The summed E-state index contributed by atoms with van der Waals surface area (Å²) in [6.45, 7) is 0.455. The molecule has 3 aromatic carbocycles. The molecule has 2 nitrogen and oxygen atoms in total. The molecule has 0 aromatic heterocycles. The van der Waals surface area contributed by atoms with E-state index in [9.17, 15) is 5.11 Å². The Hall–Kier alpha value is -2.68. The van der Waals surface area contributed by atoms with Crippen LogP contribution < -0.4 is 0 Å². The molecule has 1 N–H and O–H groups in total. The van der Waals surface area contributed by atoms with Gasteiger partial charge in [-0.3, -0.25) is 0 Å². The predicted molar refractivity (Wildman–Crippen MR) is 108 cm³/mol. The van der Waals surface area contributed by atoms with Crippen molar-refractivity contribution in [1.82, 2.24) is 0 Å². The van der Waals surface area contributed by atoms with Gasteiger partial charge in [-0.15, -0.1) is 0 Å². The normalized spacial score (nSPS) is 19.3. The lowest BCUT2D eigenvalue weighted by Gasteiger charge is -2.37. The molecule has 0 unspecified atom stereocenters. The maximum absolute atomic E-state index is 10.3. The van der Waals surface area contributed by atoms with Gasteiger partial charge >= 0.3 is 0 Å². The highest BCUT2D eigenvalue weighted by Gasteiger charge is 2.38. The molecular formula is C25H24O2. The maximum atomic E-state index is 10.3. The van der Waals surface area contributed by atoms with E-state index in [2.05, 4.69) is 42.5 Å². The molecule has 0 aliphatic heterocycles. The summed E-state index contributed by atoms with van der Waals surface area (Å²) in [5.74, 6) is 0.0144. The summed E-state index contributed by atoms with van der Waals surface area (Å²) in [5, 5.41) is 10.3. The van der Waals surface area contributed by atoms with Gasteiger partial charge in [0.05, 0.1) is 12.7 Å². The van der Waals surface area contributed by atoms with Crippen LogP contribution in [0.25, 0.3) is 0 Å². The second-order valence-electron chi connectivity index (χ2n) is 6.99. The summed E-state index contributed by atoms with van der Waals surface area (Å²) in [7, 11) is 0. The smallest absolute Gasteiger partial charge is 0.143 e. The number of aliphatic hydroxyl groups is 1. The highest BCUT2D eigenvalue weighted by atomic mass is 16.5. The van der Waals surface area contributed by atoms with Gasteiger partial charge in [0.25, 0.3) is 0 Å². The van der Waals surface area contributed by atoms with Gasteiger partial charge in [0, 0.05) is 5.92 Å². The molecule has 2 atom stereocenters. The minimum Gasteiger partial charge on any atom is -0.392 e. The fourth-order valence-electron chi connectivity index (χ4n) is 3.85. The van der Waals surface area contributed by atoms with Crippen LogP contribution in [0.5, 0.6) is 0 Å². The highest BCUT2D eigenvalue weighted by molar-refractivity contribution is 5.47.